The Kier molecular flexibility index (Phi) is 5.91. The number of rotatable bonds is 3. The predicted molar refractivity (Wildman–Crippen MR) is 88.2 cm³/mol. The molecule has 1 aromatic carbocycles. The standard InChI is InChI=1S/C12H13Cl2NO.C4H9N/c1-12(5-6-12)7-15-11(16)8-3-2-4-9(13)10(8)14;1-2-4-5-3-1/h2-4H,5-7H2,1H3,(H,15,16);5H,1-4H2. The molecule has 3 rings (SSSR count). The minimum Gasteiger partial charge on any atom is -0.351 e. The van der Waals surface area contributed by atoms with Gasteiger partial charge in [0.05, 0.1) is 15.6 Å². The molecule has 5 heteroatoms. The molecule has 0 bridgehead atoms. The van der Waals surface area contributed by atoms with E-state index < -0.39 is 0 Å². The molecule has 0 atom stereocenters. The van der Waals surface area contributed by atoms with Gasteiger partial charge in [-0.2, -0.15) is 0 Å². The number of carbonyl (C=O) groups is 1. The first-order chi connectivity index (χ1) is 10.0. The van der Waals surface area contributed by atoms with Crippen LogP contribution in [0.5, 0.6) is 0 Å². The summed E-state index contributed by atoms with van der Waals surface area (Å²) in [6.07, 6.45) is 5.13. The molecule has 1 aromatic rings. The monoisotopic (exact) mass is 328 g/mol. The van der Waals surface area contributed by atoms with Crippen molar-refractivity contribution in [1.82, 2.24) is 10.6 Å². The van der Waals surface area contributed by atoms with Gasteiger partial charge in [0.1, 0.15) is 0 Å². The number of hydrogen-bond acceptors (Lipinski definition) is 2. The van der Waals surface area contributed by atoms with E-state index in [0.29, 0.717) is 27.6 Å². The van der Waals surface area contributed by atoms with Gasteiger partial charge in [-0.25, -0.2) is 0 Å². The molecule has 1 aliphatic heterocycles. The Hall–Kier alpha value is -0.770. The van der Waals surface area contributed by atoms with Crippen molar-refractivity contribution in [2.75, 3.05) is 19.6 Å². The van der Waals surface area contributed by atoms with Crippen molar-refractivity contribution >= 4 is 29.1 Å². The number of nitrogens with one attached hydrogen (secondary N) is 2. The molecule has 0 unspecified atom stereocenters. The van der Waals surface area contributed by atoms with Gasteiger partial charge in [0.15, 0.2) is 0 Å². The summed E-state index contributed by atoms with van der Waals surface area (Å²) in [4.78, 5) is 11.8. The Balaban J connectivity index is 0.000000272. The van der Waals surface area contributed by atoms with E-state index in [1.54, 1.807) is 18.2 Å². The van der Waals surface area contributed by atoms with E-state index in [0.717, 1.165) is 0 Å². The lowest BCUT2D eigenvalue weighted by atomic mass is 10.1. The van der Waals surface area contributed by atoms with E-state index in [1.807, 2.05) is 0 Å². The molecule has 0 radical (unpaired) electrons. The Morgan fingerprint density at radius 1 is 1.29 bits per heavy atom. The molecule has 2 aliphatic rings. The summed E-state index contributed by atoms with van der Waals surface area (Å²) in [5.74, 6) is -0.152. The third-order valence-corrected chi connectivity index (χ3v) is 4.75. The van der Waals surface area contributed by atoms with Crippen LogP contribution in [0.25, 0.3) is 0 Å². The van der Waals surface area contributed by atoms with E-state index in [2.05, 4.69) is 17.6 Å². The number of amides is 1. The highest BCUT2D eigenvalue weighted by Gasteiger charge is 2.37. The molecular formula is C16H22Cl2N2O. The molecule has 1 saturated carbocycles. The fourth-order valence-corrected chi connectivity index (χ4v) is 2.47. The Morgan fingerprint density at radius 3 is 2.48 bits per heavy atom. The molecule has 1 aliphatic carbocycles. The van der Waals surface area contributed by atoms with Gasteiger partial charge < -0.3 is 10.6 Å². The van der Waals surface area contributed by atoms with Crippen LogP contribution in [0.3, 0.4) is 0 Å². The van der Waals surface area contributed by atoms with E-state index in [9.17, 15) is 4.79 Å². The van der Waals surface area contributed by atoms with Crippen molar-refractivity contribution in [3.8, 4) is 0 Å². The lowest BCUT2D eigenvalue weighted by molar-refractivity contribution is 0.0946. The summed E-state index contributed by atoms with van der Waals surface area (Å²) in [6, 6.07) is 5.07. The van der Waals surface area contributed by atoms with Crippen LogP contribution >= 0.6 is 23.2 Å². The van der Waals surface area contributed by atoms with Gasteiger partial charge in [0.2, 0.25) is 0 Å². The van der Waals surface area contributed by atoms with Crippen molar-refractivity contribution in [1.29, 1.82) is 0 Å². The highest BCUT2D eigenvalue weighted by molar-refractivity contribution is 6.43. The number of benzene rings is 1. The highest BCUT2D eigenvalue weighted by Crippen LogP contribution is 2.44. The van der Waals surface area contributed by atoms with Crippen molar-refractivity contribution in [2.24, 2.45) is 5.41 Å². The van der Waals surface area contributed by atoms with E-state index in [4.69, 9.17) is 23.2 Å². The first-order valence-corrected chi connectivity index (χ1v) is 8.20. The zero-order valence-electron chi connectivity index (χ0n) is 12.3. The molecule has 1 saturated heterocycles. The van der Waals surface area contributed by atoms with Crippen LogP contribution in [0.2, 0.25) is 10.0 Å². The maximum Gasteiger partial charge on any atom is 0.252 e. The maximum absolute atomic E-state index is 11.8. The van der Waals surface area contributed by atoms with Gasteiger partial charge in [0.25, 0.3) is 5.91 Å². The Morgan fingerprint density at radius 2 is 1.95 bits per heavy atom. The van der Waals surface area contributed by atoms with Crippen molar-refractivity contribution in [3.63, 3.8) is 0 Å². The summed E-state index contributed by atoms with van der Waals surface area (Å²) in [7, 11) is 0. The van der Waals surface area contributed by atoms with E-state index >= 15 is 0 Å². The van der Waals surface area contributed by atoms with Crippen LogP contribution in [0.4, 0.5) is 0 Å². The summed E-state index contributed by atoms with van der Waals surface area (Å²) in [6.45, 7) is 5.36. The van der Waals surface area contributed by atoms with Gasteiger partial charge in [-0.1, -0.05) is 36.2 Å². The number of hydrogen-bond donors (Lipinski definition) is 2. The summed E-state index contributed by atoms with van der Waals surface area (Å²) < 4.78 is 0. The van der Waals surface area contributed by atoms with Crippen LogP contribution in [0.1, 0.15) is 43.0 Å². The molecule has 116 valence electrons. The van der Waals surface area contributed by atoms with Crippen molar-refractivity contribution in [2.45, 2.75) is 32.6 Å². The Bertz CT molecular complexity index is 489. The summed E-state index contributed by atoms with van der Waals surface area (Å²) in [5.41, 5.74) is 0.735. The minimum atomic E-state index is -0.152. The lowest BCUT2D eigenvalue weighted by Crippen LogP contribution is -2.29. The Labute approximate surface area is 136 Å². The largest absolute Gasteiger partial charge is 0.351 e. The van der Waals surface area contributed by atoms with Crippen LogP contribution in [0, 0.1) is 5.41 Å². The van der Waals surface area contributed by atoms with Gasteiger partial charge in [-0.05, 0) is 56.3 Å². The van der Waals surface area contributed by atoms with Crippen molar-refractivity contribution < 1.29 is 4.79 Å². The second-order valence-corrected chi connectivity index (χ2v) is 6.84. The quantitative estimate of drug-likeness (QED) is 0.883. The summed E-state index contributed by atoms with van der Waals surface area (Å²) in [5, 5.41) is 6.84. The SMILES string of the molecule is C1CCNC1.CC1(CNC(=O)c2cccc(Cl)c2Cl)CC1. The normalized spacial score (nSPS) is 18.6. The molecule has 1 heterocycles. The molecule has 0 spiro atoms. The van der Waals surface area contributed by atoms with Gasteiger partial charge in [-0.15, -0.1) is 0 Å². The van der Waals surface area contributed by atoms with E-state index in [1.165, 1.54) is 38.8 Å². The fraction of sp³-hybridized carbons (Fsp3) is 0.562. The zero-order chi connectivity index (χ0) is 15.3. The fourth-order valence-electron chi connectivity index (χ4n) is 2.08. The second-order valence-electron chi connectivity index (χ2n) is 6.05. The molecular weight excluding hydrogens is 307 g/mol. The molecule has 21 heavy (non-hydrogen) atoms. The van der Waals surface area contributed by atoms with Crippen LogP contribution < -0.4 is 10.6 Å². The maximum atomic E-state index is 11.8. The molecule has 2 fully saturated rings. The third-order valence-electron chi connectivity index (χ3n) is 3.93. The van der Waals surface area contributed by atoms with Gasteiger partial charge in [-0.3, -0.25) is 4.79 Å². The van der Waals surface area contributed by atoms with Crippen molar-refractivity contribution in [3.05, 3.63) is 33.8 Å². The van der Waals surface area contributed by atoms with E-state index in [-0.39, 0.29) is 5.91 Å². The molecule has 0 aromatic heterocycles. The first kappa shape index (κ1) is 16.6. The zero-order valence-corrected chi connectivity index (χ0v) is 13.9. The van der Waals surface area contributed by atoms with Crippen LogP contribution in [-0.2, 0) is 0 Å². The van der Waals surface area contributed by atoms with Gasteiger partial charge in [0, 0.05) is 6.54 Å². The third kappa shape index (κ3) is 5.17. The lowest BCUT2D eigenvalue weighted by Gasteiger charge is -2.11. The van der Waals surface area contributed by atoms with Crippen LogP contribution in [0.15, 0.2) is 18.2 Å². The number of carbonyl (C=O) groups excluding carboxylic acids is 1. The number of halogens is 2. The minimum absolute atomic E-state index is 0.152. The molecule has 1 amide bonds. The first-order valence-electron chi connectivity index (χ1n) is 7.45. The average molecular weight is 329 g/mol. The van der Waals surface area contributed by atoms with Crippen LogP contribution in [-0.4, -0.2) is 25.5 Å². The highest BCUT2D eigenvalue weighted by atomic mass is 35.5. The topological polar surface area (TPSA) is 41.1 Å². The molecule has 2 N–H and O–H groups in total. The van der Waals surface area contributed by atoms with Gasteiger partial charge >= 0.3 is 0 Å². The average Bonchev–Trinajstić information content (AvgIpc) is 2.96. The summed E-state index contributed by atoms with van der Waals surface area (Å²) >= 11 is 11.8. The smallest absolute Gasteiger partial charge is 0.252 e. The predicted octanol–water partition coefficient (Wildman–Crippen LogP) is 3.89. The molecule has 3 nitrogen and oxygen atoms in total. The second kappa shape index (κ2) is 7.48.